The zero-order valence-corrected chi connectivity index (χ0v) is 14.3. The summed E-state index contributed by atoms with van der Waals surface area (Å²) in [6.45, 7) is 6.75. The Bertz CT molecular complexity index is 380. The Labute approximate surface area is 130 Å². The zero-order chi connectivity index (χ0) is 16.0. The summed E-state index contributed by atoms with van der Waals surface area (Å²) in [6, 6.07) is 0.287. The molecule has 0 aromatic heterocycles. The number of nitro groups is 1. The van der Waals surface area contributed by atoms with E-state index in [1.54, 1.807) is 6.26 Å². The standard InChI is InChI=1S/C13H26N4O3S/c1-10(7-16(4)13(21-5)14-17(18)19)15(3)8-12-6-11(2)20-9-12/h10-12H,6-9H2,1-5H3. The molecule has 1 rings (SSSR count). The first-order valence-corrected chi connectivity index (χ1v) is 8.35. The Balaban J connectivity index is 2.47. The lowest BCUT2D eigenvalue weighted by Gasteiger charge is -2.30. The lowest BCUT2D eigenvalue weighted by molar-refractivity contribution is -0.485. The summed E-state index contributed by atoms with van der Waals surface area (Å²) in [5.41, 5.74) is 0. The predicted molar refractivity (Wildman–Crippen MR) is 86.2 cm³/mol. The molecule has 0 aliphatic carbocycles. The molecule has 7 nitrogen and oxygen atoms in total. The van der Waals surface area contributed by atoms with E-state index in [-0.39, 0.29) is 6.04 Å². The second-order valence-electron chi connectivity index (χ2n) is 5.74. The van der Waals surface area contributed by atoms with Crippen molar-refractivity contribution in [1.29, 1.82) is 0 Å². The fourth-order valence-electron chi connectivity index (χ4n) is 2.58. The van der Waals surface area contributed by atoms with Gasteiger partial charge in [0, 0.05) is 26.2 Å². The first kappa shape index (κ1) is 18.2. The maximum atomic E-state index is 10.5. The van der Waals surface area contributed by atoms with Gasteiger partial charge in [0.05, 0.1) is 17.8 Å². The van der Waals surface area contributed by atoms with Gasteiger partial charge in [-0.3, -0.25) is 0 Å². The third-order valence-electron chi connectivity index (χ3n) is 3.79. The van der Waals surface area contributed by atoms with E-state index < -0.39 is 5.03 Å². The van der Waals surface area contributed by atoms with Crippen molar-refractivity contribution in [2.45, 2.75) is 32.4 Å². The van der Waals surface area contributed by atoms with Gasteiger partial charge in [-0.15, -0.1) is 0 Å². The van der Waals surface area contributed by atoms with Crippen LogP contribution in [0, 0.1) is 16.0 Å². The molecular formula is C13H26N4O3S. The normalized spacial score (nSPS) is 24.4. The molecule has 3 unspecified atom stereocenters. The van der Waals surface area contributed by atoms with E-state index in [4.69, 9.17) is 4.74 Å². The molecule has 0 amide bonds. The highest BCUT2D eigenvalue weighted by molar-refractivity contribution is 8.13. The average Bonchev–Trinajstić information content (AvgIpc) is 2.80. The first-order chi connectivity index (χ1) is 9.83. The van der Waals surface area contributed by atoms with Crippen molar-refractivity contribution in [3.63, 3.8) is 0 Å². The van der Waals surface area contributed by atoms with Crippen LogP contribution in [0.2, 0.25) is 0 Å². The van der Waals surface area contributed by atoms with Gasteiger partial charge in [0.25, 0.3) is 0 Å². The van der Waals surface area contributed by atoms with E-state index >= 15 is 0 Å². The molecule has 8 heteroatoms. The third kappa shape index (κ3) is 6.19. The van der Waals surface area contributed by atoms with Gasteiger partial charge in [-0.05, 0) is 39.5 Å². The molecule has 0 bridgehead atoms. The molecule has 21 heavy (non-hydrogen) atoms. The number of amidine groups is 1. The van der Waals surface area contributed by atoms with Gasteiger partial charge in [-0.1, -0.05) is 11.8 Å². The van der Waals surface area contributed by atoms with Crippen LogP contribution >= 0.6 is 11.8 Å². The minimum absolute atomic E-state index is 0.287. The Morgan fingerprint density at radius 2 is 2.24 bits per heavy atom. The van der Waals surface area contributed by atoms with Crippen LogP contribution in [0.1, 0.15) is 20.3 Å². The summed E-state index contributed by atoms with van der Waals surface area (Å²) in [5.74, 6) is 0.574. The highest BCUT2D eigenvalue weighted by Crippen LogP contribution is 2.20. The topological polar surface area (TPSA) is 71.2 Å². The maximum Gasteiger partial charge on any atom is 0.237 e. The maximum absolute atomic E-state index is 10.5. The van der Waals surface area contributed by atoms with Crippen molar-refractivity contribution < 1.29 is 9.77 Å². The summed E-state index contributed by atoms with van der Waals surface area (Å²) in [7, 11) is 3.93. The smallest absolute Gasteiger partial charge is 0.237 e. The lowest BCUT2D eigenvalue weighted by atomic mass is 10.1. The van der Waals surface area contributed by atoms with E-state index in [0.29, 0.717) is 23.7 Å². The van der Waals surface area contributed by atoms with E-state index in [9.17, 15) is 10.1 Å². The molecule has 122 valence electrons. The number of hydrogen-bond acceptors (Lipinski definition) is 5. The number of nitrogens with zero attached hydrogens (tertiary/aromatic N) is 4. The van der Waals surface area contributed by atoms with Crippen molar-refractivity contribution in [3.05, 3.63) is 10.1 Å². The minimum Gasteiger partial charge on any atom is -0.378 e. The SMILES string of the molecule is CSC(=N[N+](=O)[O-])N(C)CC(C)N(C)CC1COC(C)C1. The van der Waals surface area contributed by atoms with E-state index in [1.165, 1.54) is 11.8 Å². The summed E-state index contributed by atoms with van der Waals surface area (Å²) in [4.78, 5) is 14.6. The molecule has 1 aliphatic heterocycles. The molecule has 1 fully saturated rings. The predicted octanol–water partition coefficient (Wildman–Crippen LogP) is 1.57. The summed E-state index contributed by atoms with van der Waals surface area (Å²) < 4.78 is 5.59. The molecule has 0 radical (unpaired) electrons. The molecule has 0 saturated carbocycles. The molecular weight excluding hydrogens is 292 g/mol. The van der Waals surface area contributed by atoms with Crippen molar-refractivity contribution in [2.24, 2.45) is 11.0 Å². The third-order valence-corrected chi connectivity index (χ3v) is 4.55. The highest BCUT2D eigenvalue weighted by atomic mass is 32.2. The number of thioether (sulfide) groups is 1. The largest absolute Gasteiger partial charge is 0.378 e. The summed E-state index contributed by atoms with van der Waals surface area (Å²) >= 11 is 1.29. The quantitative estimate of drug-likeness (QED) is 0.320. The second-order valence-corrected chi connectivity index (χ2v) is 6.51. The van der Waals surface area contributed by atoms with Crippen LogP contribution in [-0.4, -0.2) is 72.2 Å². The van der Waals surface area contributed by atoms with Crippen LogP contribution in [-0.2, 0) is 4.74 Å². The highest BCUT2D eigenvalue weighted by Gasteiger charge is 2.25. The number of hydrazone groups is 1. The van der Waals surface area contributed by atoms with Crippen LogP contribution < -0.4 is 0 Å². The average molecular weight is 318 g/mol. The van der Waals surface area contributed by atoms with Gasteiger partial charge in [0.15, 0.2) is 5.03 Å². The molecule has 0 spiro atoms. The molecule has 1 aliphatic rings. The Kier molecular flexibility index (Phi) is 7.41. The van der Waals surface area contributed by atoms with Crippen molar-refractivity contribution in [1.82, 2.24) is 9.80 Å². The van der Waals surface area contributed by atoms with Crippen molar-refractivity contribution in [2.75, 3.05) is 40.0 Å². The molecule has 0 aromatic rings. The summed E-state index contributed by atoms with van der Waals surface area (Å²) in [6.07, 6.45) is 3.26. The molecule has 3 atom stereocenters. The van der Waals surface area contributed by atoms with Crippen LogP contribution in [0.4, 0.5) is 0 Å². The molecule has 0 aromatic carbocycles. The minimum atomic E-state index is -0.645. The monoisotopic (exact) mass is 318 g/mol. The fraction of sp³-hybridized carbons (Fsp3) is 0.923. The number of ether oxygens (including phenoxy) is 1. The van der Waals surface area contributed by atoms with Crippen molar-refractivity contribution >= 4 is 16.9 Å². The summed E-state index contributed by atoms with van der Waals surface area (Å²) in [5, 5.41) is 13.7. The van der Waals surface area contributed by atoms with Gasteiger partial charge in [0.2, 0.25) is 5.17 Å². The lowest BCUT2D eigenvalue weighted by Crippen LogP contribution is -2.42. The Hall–Kier alpha value is -0.860. The Morgan fingerprint density at radius 3 is 2.71 bits per heavy atom. The van der Waals surface area contributed by atoms with E-state index in [1.807, 2.05) is 11.9 Å². The Morgan fingerprint density at radius 1 is 1.57 bits per heavy atom. The van der Waals surface area contributed by atoms with Gasteiger partial charge in [-0.25, -0.2) is 10.1 Å². The van der Waals surface area contributed by atoms with Gasteiger partial charge in [-0.2, -0.15) is 0 Å². The van der Waals surface area contributed by atoms with E-state index in [0.717, 1.165) is 19.6 Å². The molecule has 1 saturated heterocycles. The number of rotatable bonds is 6. The van der Waals surface area contributed by atoms with Crippen molar-refractivity contribution in [3.8, 4) is 0 Å². The van der Waals surface area contributed by atoms with Gasteiger partial charge in [0.1, 0.15) is 0 Å². The van der Waals surface area contributed by atoms with Crippen LogP contribution in [0.15, 0.2) is 5.10 Å². The molecule has 1 heterocycles. The zero-order valence-electron chi connectivity index (χ0n) is 13.5. The number of likely N-dealkylation sites (N-methyl/N-ethyl adjacent to an activating group) is 2. The molecule has 0 N–H and O–H groups in total. The van der Waals surface area contributed by atoms with Gasteiger partial charge >= 0.3 is 0 Å². The first-order valence-electron chi connectivity index (χ1n) is 7.13. The fourth-order valence-corrected chi connectivity index (χ4v) is 3.11. The van der Waals surface area contributed by atoms with E-state index in [2.05, 4.69) is 30.9 Å². The van der Waals surface area contributed by atoms with Gasteiger partial charge < -0.3 is 14.5 Å². The second kappa shape index (κ2) is 8.55. The number of hydrogen-bond donors (Lipinski definition) is 0. The van der Waals surface area contributed by atoms with Crippen LogP contribution in [0.5, 0.6) is 0 Å². The van der Waals surface area contributed by atoms with Crippen LogP contribution in [0.3, 0.4) is 0 Å². The van der Waals surface area contributed by atoms with Crippen LogP contribution in [0.25, 0.3) is 0 Å².